The molecule has 2 fully saturated rings. The van der Waals surface area contributed by atoms with Crippen LogP contribution in [0.5, 0.6) is 0 Å². The van der Waals surface area contributed by atoms with E-state index in [1.54, 1.807) is 0 Å². The third kappa shape index (κ3) is 4.91. The summed E-state index contributed by atoms with van der Waals surface area (Å²) < 4.78 is 11.4. The molecule has 4 nitrogen and oxygen atoms in total. The largest absolute Gasteiger partial charge is 0.457 e. The second-order valence-electron chi connectivity index (χ2n) is 11.6. The van der Waals surface area contributed by atoms with Crippen molar-refractivity contribution in [2.45, 2.75) is 49.7 Å². The predicted molar refractivity (Wildman–Crippen MR) is 163 cm³/mol. The van der Waals surface area contributed by atoms with Crippen LogP contribution >= 0.6 is 23.2 Å². The van der Waals surface area contributed by atoms with Crippen LogP contribution < -0.4 is 0 Å². The van der Waals surface area contributed by atoms with E-state index in [9.17, 15) is 9.59 Å². The van der Waals surface area contributed by atoms with E-state index in [0.717, 1.165) is 47.9 Å². The molecular formula is C36H30Cl2O4. The smallest absolute Gasteiger partial charge is 0.314 e. The zero-order chi connectivity index (χ0) is 28.8. The number of halogens is 2. The molecule has 0 N–H and O–H groups in total. The van der Waals surface area contributed by atoms with Crippen molar-refractivity contribution in [3.63, 3.8) is 0 Å². The van der Waals surface area contributed by atoms with Crippen molar-refractivity contribution in [2.75, 3.05) is 0 Å². The molecule has 0 unspecified atom stereocenters. The van der Waals surface area contributed by atoms with Gasteiger partial charge >= 0.3 is 11.9 Å². The van der Waals surface area contributed by atoms with Crippen molar-refractivity contribution >= 4 is 35.1 Å². The van der Waals surface area contributed by atoms with Crippen LogP contribution in [0.3, 0.4) is 0 Å². The van der Waals surface area contributed by atoms with Gasteiger partial charge in [0.15, 0.2) is 0 Å². The van der Waals surface area contributed by atoms with Gasteiger partial charge in [-0.05, 0) is 83.3 Å². The molecule has 42 heavy (non-hydrogen) atoms. The summed E-state index contributed by atoms with van der Waals surface area (Å²) in [6, 6.07) is 31.7. The fourth-order valence-electron chi connectivity index (χ4n) is 7.34. The van der Waals surface area contributed by atoms with E-state index in [4.69, 9.17) is 32.7 Å². The summed E-state index contributed by atoms with van der Waals surface area (Å²) in [5, 5.41) is 1.40. The van der Waals surface area contributed by atoms with Crippen molar-refractivity contribution < 1.29 is 19.1 Å². The summed E-state index contributed by atoms with van der Waals surface area (Å²) >= 11 is 12.2. The van der Waals surface area contributed by atoms with Crippen molar-refractivity contribution in [3.8, 4) is 0 Å². The minimum Gasteiger partial charge on any atom is -0.457 e. The number of aryl methyl sites for hydroxylation is 2. The quantitative estimate of drug-likeness (QED) is 0.217. The first-order valence-electron chi connectivity index (χ1n) is 14.6. The molecule has 2 aliphatic carbocycles. The Balaban J connectivity index is 0.000000137. The second kappa shape index (κ2) is 11.2. The Hall–Kier alpha value is -3.60. The summed E-state index contributed by atoms with van der Waals surface area (Å²) in [6.07, 6.45) is 3.62. The van der Waals surface area contributed by atoms with Gasteiger partial charge in [-0.15, -0.1) is 0 Å². The van der Waals surface area contributed by atoms with Crippen molar-refractivity contribution in [1.29, 1.82) is 0 Å². The lowest BCUT2D eigenvalue weighted by molar-refractivity contribution is -0.143. The maximum atomic E-state index is 12.4. The first-order chi connectivity index (χ1) is 20.5. The van der Waals surface area contributed by atoms with E-state index < -0.39 is 0 Å². The summed E-state index contributed by atoms with van der Waals surface area (Å²) in [5.74, 6) is -0.0866. The van der Waals surface area contributed by atoms with Gasteiger partial charge in [-0.2, -0.15) is 0 Å². The van der Waals surface area contributed by atoms with Crippen LogP contribution in [0.1, 0.15) is 70.3 Å². The van der Waals surface area contributed by atoms with Crippen LogP contribution in [0.15, 0.2) is 97.1 Å². The Kier molecular flexibility index (Phi) is 7.29. The number of carbonyl (C=O) groups excluding carboxylic acids is 2. The Labute approximate surface area is 255 Å². The highest BCUT2D eigenvalue weighted by molar-refractivity contribution is 6.31. The minimum atomic E-state index is -0.150. The van der Waals surface area contributed by atoms with Crippen LogP contribution in [-0.2, 0) is 31.9 Å². The van der Waals surface area contributed by atoms with Gasteiger partial charge in [0.05, 0.1) is 11.8 Å². The van der Waals surface area contributed by atoms with Crippen LogP contribution in [-0.4, -0.2) is 11.9 Å². The molecule has 0 bridgehead atoms. The average molecular weight is 598 g/mol. The van der Waals surface area contributed by atoms with Gasteiger partial charge in [-0.1, -0.05) is 96.0 Å². The molecule has 6 heteroatoms. The minimum absolute atomic E-state index is 0.107. The Morgan fingerprint density at radius 1 is 0.548 bits per heavy atom. The van der Waals surface area contributed by atoms with E-state index >= 15 is 0 Å². The van der Waals surface area contributed by atoms with Gasteiger partial charge in [0, 0.05) is 21.9 Å². The van der Waals surface area contributed by atoms with Crippen molar-refractivity contribution in [1.82, 2.24) is 0 Å². The SMILES string of the molecule is O=C1O[C@H]2c3cc(Cl)ccc3CC[C@H]2[C@@H]1c1ccccc1.O=C1O[C@H]2c3cc(Cl)ccc3CC[C@H]2[C@@H]1c1ccccc1. The zero-order valence-corrected chi connectivity index (χ0v) is 24.4. The standard InChI is InChI=1S/2C18H15ClO2/c2*19-13-8-6-11-7-9-14-16(12-4-2-1-3-5-12)18(20)21-17(14)15(11)10-13/h2*1-6,8,10,14,16-17H,7,9H2/t2*14-,16-,17+/m00/s1. The number of ether oxygens (including phenoxy) is 2. The fourth-order valence-corrected chi connectivity index (χ4v) is 7.70. The lowest BCUT2D eigenvalue weighted by Gasteiger charge is -2.28. The molecule has 4 aliphatic rings. The van der Waals surface area contributed by atoms with E-state index in [2.05, 4.69) is 12.1 Å². The Morgan fingerprint density at radius 2 is 0.952 bits per heavy atom. The highest BCUT2D eigenvalue weighted by Crippen LogP contribution is 2.52. The fraction of sp³-hybridized carbons (Fsp3) is 0.278. The molecule has 2 saturated heterocycles. The maximum Gasteiger partial charge on any atom is 0.314 e. The number of esters is 2. The zero-order valence-electron chi connectivity index (χ0n) is 22.9. The van der Waals surface area contributed by atoms with Gasteiger partial charge in [-0.3, -0.25) is 9.59 Å². The Bertz CT molecular complexity index is 1510. The van der Waals surface area contributed by atoms with E-state index in [-0.39, 0.29) is 47.8 Å². The van der Waals surface area contributed by atoms with Crippen LogP contribution in [0.2, 0.25) is 10.0 Å². The van der Waals surface area contributed by atoms with Crippen molar-refractivity contribution in [2.24, 2.45) is 11.8 Å². The van der Waals surface area contributed by atoms with Gasteiger partial charge in [0.25, 0.3) is 0 Å². The molecule has 6 atom stereocenters. The normalized spacial score (nSPS) is 26.9. The molecule has 0 amide bonds. The number of fused-ring (bicyclic) bond motifs is 6. The lowest BCUT2D eigenvalue weighted by atomic mass is 9.75. The molecule has 8 rings (SSSR count). The van der Waals surface area contributed by atoms with E-state index in [1.165, 1.54) is 11.1 Å². The molecular weight excluding hydrogens is 567 g/mol. The van der Waals surface area contributed by atoms with Gasteiger partial charge in [0.2, 0.25) is 0 Å². The molecule has 4 aromatic carbocycles. The first-order valence-corrected chi connectivity index (χ1v) is 15.3. The van der Waals surface area contributed by atoms with Crippen molar-refractivity contribution in [3.05, 3.63) is 140 Å². The summed E-state index contributed by atoms with van der Waals surface area (Å²) in [6.45, 7) is 0. The number of benzene rings is 4. The first kappa shape index (κ1) is 27.2. The molecule has 212 valence electrons. The van der Waals surface area contributed by atoms with Crippen LogP contribution in [0.25, 0.3) is 0 Å². The molecule has 2 heterocycles. The molecule has 0 radical (unpaired) electrons. The summed E-state index contributed by atoms with van der Waals surface area (Å²) in [7, 11) is 0. The highest BCUT2D eigenvalue weighted by Gasteiger charge is 2.49. The summed E-state index contributed by atoms with van der Waals surface area (Å²) in [4.78, 5) is 24.8. The molecule has 0 saturated carbocycles. The predicted octanol–water partition coefficient (Wildman–Crippen LogP) is 8.57. The van der Waals surface area contributed by atoms with Gasteiger partial charge in [-0.25, -0.2) is 0 Å². The molecule has 0 aromatic heterocycles. The molecule has 0 spiro atoms. The second-order valence-corrected chi connectivity index (χ2v) is 12.5. The highest BCUT2D eigenvalue weighted by atomic mass is 35.5. The van der Waals surface area contributed by atoms with E-state index in [1.807, 2.05) is 84.9 Å². The number of hydrogen-bond donors (Lipinski definition) is 0. The van der Waals surface area contributed by atoms with Crippen LogP contribution in [0.4, 0.5) is 0 Å². The third-order valence-corrected chi connectivity index (χ3v) is 9.74. The van der Waals surface area contributed by atoms with Crippen LogP contribution in [0, 0.1) is 11.8 Å². The topological polar surface area (TPSA) is 52.6 Å². The number of hydrogen-bond acceptors (Lipinski definition) is 4. The third-order valence-electron chi connectivity index (χ3n) is 9.27. The molecule has 4 aromatic rings. The maximum absolute atomic E-state index is 12.4. The average Bonchev–Trinajstić information content (AvgIpc) is 3.54. The monoisotopic (exact) mass is 596 g/mol. The van der Waals surface area contributed by atoms with Gasteiger partial charge in [0.1, 0.15) is 12.2 Å². The lowest BCUT2D eigenvalue weighted by Crippen LogP contribution is -2.21. The Morgan fingerprint density at radius 3 is 1.36 bits per heavy atom. The number of rotatable bonds is 2. The summed E-state index contributed by atoms with van der Waals surface area (Å²) in [5.41, 5.74) is 6.79. The molecule has 2 aliphatic heterocycles. The van der Waals surface area contributed by atoms with E-state index in [0.29, 0.717) is 10.0 Å². The number of carbonyl (C=O) groups is 2. The van der Waals surface area contributed by atoms with Gasteiger partial charge < -0.3 is 9.47 Å².